The van der Waals surface area contributed by atoms with Gasteiger partial charge >= 0.3 is 0 Å². The van der Waals surface area contributed by atoms with E-state index in [9.17, 15) is 13.5 Å². The SMILES string of the molecule is CCC(C)(O)CNS(=O)(=O)c1ccc(OC)c(Br)c1. The average Bonchev–Trinajstić information content (AvgIpc) is 2.36. The van der Waals surface area contributed by atoms with Gasteiger partial charge in [-0.05, 0) is 47.5 Å². The maximum atomic E-state index is 12.1. The van der Waals surface area contributed by atoms with Crippen LogP contribution in [0, 0.1) is 0 Å². The quantitative estimate of drug-likeness (QED) is 0.820. The first-order chi connectivity index (χ1) is 8.72. The van der Waals surface area contributed by atoms with Crippen molar-refractivity contribution >= 4 is 26.0 Å². The molecule has 1 unspecified atom stereocenters. The zero-order valence-electron chi connectivity index (χ0n) is 11.1. The lowest BCUT2D eigenvalue weighted by molar-refractivity contribution is 0.0613. The van der Waals surface area contributed by atoms with E-state index in [1.54, 1.807) is 19.9 Å². The van der Waals surface area contributed by atoms with Crippen LogP contribution < -0.4 is 9.46 Å². The topological polar surface area (TPSA) is 75.6 Å². The Bertz CT molecular complexity index is 543. The molecule has 0 radical (unpaired) electrons. The molecule has 1 atom stereocenters. The first kappa shape index (κ1) is 16.4. The first-order valence-corrected chi connectivity index (χ1v) is 8.05. The summed E-state index contributed by atoms with van der Waals surface area (Å²) in [5, 5.41) is 9.81. The fourth-order valence-corrected chi connectivity index (χ4v) is 3.15. The predicted octanol–water partition coefficient (Wildman–Crippen LogP) is 1.90. The van der Waals surface area contributed by atoms with Crippen LogP contribution in [0.5, 0.6) is 5.75 Å². The van der Waals surface area contributed by atoms with Gasteiger partial charge in [0.25, 0.3) is 0 Å². The van der Waals surface area contributed by atoms with E-state index in [1.807, 2.05) is 0 Å². The van der Waals surface area contributed by atoms with Crippen LogP contribution in [0.3, 0.4) is 0 Å². The minimum absolute atomic E-state index is 0.0323. The van der Waals surface area contributed by atoms with Gasteiger partial charge in [0, 0.05) is 6.54 Å². The third kappa shape index (κ3) is 4.45. The molecule has 5 nitrogen and oxygen atoms in total. The summed E-state index contributed by atoms with van der Waals surface area (Å²) in [7, 11) is -2.14. The van der Waals surface area contributed by atoms with E-state index in [0.29, 0.717) is 16.6 Å². The van der Waals surface area contributed by atoms with Crippen molar-refractivity contribution in [1.29, 1.82) is 0 Å². The van der Waals surface area contributed by atoms with Crippen LogP contribution in [-0.4, -0.2) is 32.8 Å². The van der Waals surface area contributed by atoms with Gasteiger partial charge < -0.3 is 9.84 Å². The second-order valence-corrected chi connectivity index (χ2v) is 7.09. The molecule has 0 saturated heterocycles. The molecule has 0 aromatic heterocycles. The fraction of sp³-hybridized carbons (Fsp3) is 0.500. The molecule has 0 saturated carbocycles. The normalized spacial score (nSPS) is 15.0. The van der Waals surface area contributed by atoms with Gasteiger partial charge in [-0.25, -0.2) is 13.1 Å². The maximum absolute atomic E-state index is 12.1. The fourth-order valence-electron chi connectivity index (χ4n) is 1.27. The van der Waals surface area contributed by atoms with Gasteiger partial charge in [-0.1, -0.05) is 6.92 Å². The van der Waals surface area contributed by atoms with Gasteiger partial charge in [-0.15, -0.1) is 0 Å². The van der Waals surface area contributed by atoms with E-state index in [0.717, 1.165) is 0 Å². The lowest BCUT2D eigenvalue weighted by Crippen LogP contribution is -2.40. The maximum Gasteiger partial charge on any atom is 0.240 e. The summed E-state index contributed by atoms with van der Waals surface area (Å²) in [6, 6.07) is 4.48. The molecule has 0 amide bonds. The number of methoxy groups -OCH3 is 1. The van der Waals surface area contributed by atoms with E-state index in [-0.39, 0.29) is 11.4 Å². The van der Waals surface area contributed by atoms with Crippen LogP contribution in [0.25, 0.3) is 0 Å². The van der Waals surface area contributed by atoms with Crippen LogP contribution in [0.1, 0.15) is 20.3 Å². The molecule has 0 aliphatic carbocycles. The second kappa shape index (κ2) is 6.21. The smallest absolute Gasteiger partial charge is 0.240 e. The molecule has 108 valence electrons. The van der Waals surface area contributed by atoms with Crippen LogP contribution in [0.2, 0.25) is 0 Å². The first-order valence-electron chi connectivity index (χ1n) is 5.77. The molecule has 19 heavy (non-hydrogen) atoms. The Morgan fingerprint density at radius 1 is 1.47 bits per heavy atom. The lowest BCUT2D eigenvalue weighted by Gasteiger charge is -2.21. The van der Waals surface area contributed by atoms with Crippen LogP contribution in [-0.2, 0) is 10.0 Å². The van der Waals surface area contributed by atoms with E-state index in [1.165, 1.54) is 19.2 Å². The minimum Gasteiger partial charge on any atom is -0.496 e. The Balaban J connectivity index is 2.92. The van der Waals surface area contributed by atoms with Crippen LogP contribution >= 0.6 is 15.9 Å². The predicted molar refractivity (Wildman–Crippen MR) is 76.8 cm³/mol. The summed E-state index contributed by atoms with van der Waals surface area (Å²) >= 11 is 3.24. The van der Waals surface area contributed by atoms with Crippen molar-refractivity contribution in [2.45, 2.75) is 30.8 Å². The standard InChI is InChI=1S/C12H18BrNO4S/c1-4-12(2,15)8-14-19(16,17)9-5-6-11(18-3)10(13)7-9/h5-7,14-15H,4,8H2,1-3H3. The number of halogens is 1. The number of ether oxygens (including phenoxy) is 1. The van der Waals surface area contributed by atoms with E-state index in [4.69, 9.17) is 4.74 Å². The molecule has 0 aliphatic rings. The summed E-state index contributed by atoms with van der Waals surface area (Å²) in [5.74, 6) is 0.555. The molecular formula is C12H18BrNO4S. The number of hydrogen-bond donors (Lipinski definition) is 2. The van der Waals surface area contributed by atoms with Crippen molar-refractivity contribution in [3.05, 3.63) is 22.7 Å². The highest BCUT2D eigenvalue weighted by Crippen LogP contribution is 2.27. The highest BCUT2D eigenvalue weighted by molar-refractivity contribution is 9.10. The van der Waals surface area contributed by atoms with Gasteiger partial charge in [0.15, 0.2) is 0 Å². The van der Waals surface area contributed by atoms with Crippen LogP contribution in [0.15, 0.2) is 27.6 Å². The number of hydrogen-bond acceptors (Lipinski definition) is 4. The third-order valence-electron chi connectivity index (χ3n) is 2.84. The van der Waals surface area contributed by atoms with Crippen molar-refractivity contribution in [3.63, 3.8) is 0 Å². The number of benzene rings is 1. The second-order valence-electron chi connectivity index (χ2n) is 4.47. The Kier molecular flexibility index (Phi) is 5.37. The van der Waals surface area contributed by atoms with Crippen molar-refractivity contribution in [3.8, 4) is 5.75 Å². The molecule has 0 spiro atoms. The third-order valence-corrected chi connectivity index (χ3v) is 4.86. The Hall–Kier alpha value is -0.630. The van der Waals surface area contributed by atoms with Gasteiger partial charge in [0.1, 0.15) is 5.75 Å². The van der Waals surface area contributed by atoms with Crippen molar-refractivity contribution < 1.29 is 18.3 Å². The zero-order chi connectivity index (χ0) is 14.7. The number of aliphatic hydroxyl groups is 1. The molecule has 0 aliphatic heterocycles. The summed E-state index contributed by atoms with van der Waals surface area (Å²) in [4.78, 5) is 0.118. The Morgan fingerprint density at radius 2 is 2.11 bits per heavy atom. The van der Waals surface area contributed by atoms with Crippen molar-refractivity contribution in [2.24, 2.45) is 0 Å². The Morgan fingerprint density at radius 3 is 2.58 bits per heavy atom. The van der Waals surface area contributed by atoms with Gasteiger partial charge in [0.05, 0.1) is 22.1 Å². The summed E-state index contributed by atoms with van der Waals surface area (Å²) in [6.45, 7) is 3.34. The van der Waals surface area contributed by atoms with E-state index >= 15 is 0 Å². The summed E-state index contributed by atoms with van der Waals surface area (Å²) in [5.41, 5.74) is -1.06. The Labute approximate surface area is 122 Å². The van der Waals surface area contributed by atoms with Gasteiger partial charge in [-0.3, -0.25) is 0 Å². The molecule has 2 N–H and O–H groups in total. The molecule has 1 rings (SSSR count). The van der Waals surface area contributed by atoms with Crippen molar-refractivity contribution in [1.82, 2.24) is 4.72 Å². The molecule has 0 heterocycles. The largest absolute Gasteiger partial charge is 0.496 e. The molecule has 1 aromatic rings. The van der Waals surface area contributed by atoms with Gasteiger partial charge in [0.2, 0.25) is 10.0 Å². The molecule has 7 heteroatoms. The van der Waals surface area contributed by atoms with Gasteiger partial charge in [-0.2, -0.15) is 0 Å². The number of nitrogens with one attached hydrogen (secondary N) is 1. The zero-order valence-corrected chi connectivity index (χ0v) is 13.5. The van der Waals surface area contributed by atoms with Crippen molar-refractivity contribution in [2.75, 3.05) is 13.7 Å². The molecular weight excluding hydrogens is 334 g/mol. The molecule has 0 bridgehead atoms. The lowest BCUT2D eigenvalue weighted by atomic mass is 10.1. The highest BCUT2D eigenvalue weighted by atomic mass is 79.9. The van der Waals surface area contributed by atoms with E-state index < -0.39 is 15.6 Å². The summed E-state index contributed by atoms with van der Waals surface area (Å²) in [6.07, 6.45) is 0.460. The summed E-state index contributed by atoms with van der Waals surface area (Å²) < 4.78 is 32.1. The average molecular weight is 352 g/mol. The highest BCUT2D eigenvalue weighted by Gasteiger charge is 2.22. The molecule has 1 aromatic carbocycles. The van der Waals surface area contributed by atoms with Crippen LogP contribution in [0.4, 0.5) is 0 Å². The minimum atomic E-state index is -3.65. The number of sulfonamides is 1. The monoisotopic (exact) mass is 351 g/mol. The van der Waals surface area contributed by atoms with E-state index in [2.05, 4.69) is 20.7 Å². The molecule has 0 fully saturated rings. The number of rotatable bonds is 6.